The quantitative estimate of drug-likeness (QED) is 0.833. The number of aromatic hydroxyl groups is 1. The van der Waals surface area contributed by atoms with E-state index in [1.54, 1.807) is 6.07 Å². The van der Waals surface area contributed by atoms with Gasteiger partial charge in [0.05, 0.1) is 18.7 Å². The summed E-state index contributed by atoms with van der Waals surface area (Å²) >= 11 is 0. The van der Waals surface area contributed by atoms with Crippen LogP contribution in [0.4, 0.5) is 0 Å². The van der Waals surface area contributed by atoms with Crippen molar-refractivity contribution in [2.24, 2.45) is 0 Å². The highest BCUT2D eigenvalue weighted by Crippen LogP contribution is 2.32. The van der Waals surface area contributed by atoms with Crippen molar-refractivity contribution >= 4 is 11.0 Å². The van der Waals surface area contributed by atoms with E-state index in [0.29, 0.717) is 5.58 Å². The molecule has 4 nitrogen and oxygen atoms in total. The van der Waals surface area contributed by atoms with Crippen molar-refractivity contribution in [1.82, 2.24) is 0 Å². The molecule has 1 aromatic carbocycles. The van der Waals surface area contributed by atoms with Crippen LogP contribution in [0.1, 0.15) is 48.8 Å². The second-order valence-corrected chi connectivity index (χ2v) is 6.98. The molecular weight excluding hydrogens is 290 g/mol. The van der Waals surface area contributed by atoms with Gasteiger partial charge in [-0.25, -0.2) is 4.79 Å². The normalized spacial score (nSPS) is 19.0. The average Bonchev–Trinajstić information content (AvgIpc) is 2.59. The number of nitrogens with one attached hydrogen (secondary N) is 1. The molecule has 2 aliphatic rings. The zero-order chi connectivity index (χ0) is 15.8. The molecule has 0 amide bonds. The van der Waals surface area contributed by atoms with Gasteiger partial charge in [0.1, 0.15) is 12.3 Å². The Morgan fingerprint density at radius 1 is 1.00 bits per heavy atom. The summed E-state index contributed by atoms with van der Waals surface area (Å²) in [5.41, 5.74) is 3.23. The van der Waals surface area contributed by atoms with Gasteiger partial charge >= 0.3 is 5.63 Å². The molecule has 0 spiro atoms. The highest BCUT2D eigenvalue weighted by atomic mass is 16.4. The zero-order valence-corrected chi connectivity index (χ0v) is 13.5. The third-order valence-electron chi connectivity index (χ3n) is 5.46. The van der Waals surface area contributed by atoms with Crippen molar-refractivity contribution < 1.29 is 14.4 Å². The Hall–Kier alpha value is -1.81. The van der Waals surface area contributed by atoms with Crippen molar-refractivity contribution in [3.05, 3.63) is 39.2 Å². The summed E-state index contributed by atoms with van der Waals surface area (Å²) in [7, 11) is 0. The Morgan fingerprint density at radius 2 is 1.74 bits per heavy atom. The van der Waals surface area contributed by atoms with Gasteiger partial charge in [-0.1, -0.05) is 0 Å². The van der Waals surface area contributed by atoms with Crippen LogP contribution in [0.25, 0.3) is 11.0 Å². The maximum Gasteiger partial charge on any atom is 0.339 e. The number of fused-ring (bicyclic) bond motifs is 3. The monoisotopic (exact) mass is 314 g/mol. The molecule has 1 fully saturated rings. The predicted octanol–water partition coefficient (Wildman–Crippen LogP) is 1.95. The second kappa shape index (κ2) is 6.00. The lowest BCUT2D eigenvalue weighted by atomic mass is 9.90. The smallest absolute Gasteiger partial charge is 0.339 e. The maximum atomic E-state index is 12.4. The third kappa shape index (κ3) is 2.65. The molecule has 0 radical (unpaired) electrons. The predicted molar refractivity (Wildman–Crippen MR) is 89.0 cm³/mol. The molecule has 4 rings (SSSR count). The molecule has 0 unspecified atom stereocenters. The van der Waals surface area contributed by atoms with Crippen LogP contribution in [-0.2, 0) is 19.4 Å². The number of aryl methyl sites for hydroxylation is 1. The maximum absolute atomic E-state index is 12.4. The number of rotatable bonds is 2. The van der Waals surface area contributed by atoms with Gasteiger partial charge in [-0.15, -0.1) is 0 Å². The molecule has 0 bridgehead atoms. The van der Waals surface area contributed by atoms with E-state index in [9.17, 15) is 9.90 Å². The van der Waals surface area contributed by atoms with Crippen LogP contribution < -0.4 is 10.5 Å². The fraction of sp³-hybridized carbons (Fsp3) is 0.526. The molecule has 2 aromatic rings. The van der Waals surface area contributed by atoms with Gasteiger partial charge in [-0.2, -0.15) is 0 Å². The zero-order valence-electron chi connectivity index (χ0n) is 13.5. The van der Waals surface area contributed by atoms with E-state index in [2.05, 4.69) is 0 Å². The Kier molecular flexibility index (Phi) is 3.85. The fourth-order valence-electron chi connectivity index (χ4n) is 4.20. The Morgan fingerprint density at radius 3 is 2.52 bits per heavy atom. The van der Waals surface area contributed by atoms with Gasteiger partial charge in [0.15, 0.2) is 5.58 Å². The minimum atomic E-state index is -0.201. The summed E-state index contributed by atoms with van der Waals surface area (Å²) in [5.74, 6) is 0.259. The molecule has 1 aliphatic heterocycles. The number of phenolic OH excluding ortho intramolecular Hbond substituents is 1. The molecule has 1 aliphatic carbocycles. The van der Waals surface area contributed by atoms with Crippen LogP contribution >= 0.6 is 0 Å². The van der Waals surface area contributed by atoms with Gasteiger partial charge in [0, 0.05) is 10.9 Å². The second-order valence-electron chi connectivity index (χ2n) is 6.98. The van der Waals surface area contributed by atoms with Gasteiger partial charge in [0.2, 0.25) is 0 Å². The number of hydrogen-bond donors (Lipinski definition) is 2. The van der Waals surface area contributed by atoms with Gasteiger partial charge in [-0.05, 0) is 62.6 Å². The summed E-state index contributed by atoms with van der Waals surface area (Å²) in [6.07, 6.45) is 7.72. The minimum Gasteiger partial charge on any atom is -0.507 e. The molecule has 2 N–H and O–H groups in total. The molecule has 23 heavy (non-hydrogen) atoms. The first-order valence-electron chi connectivity index (χ1n) is 8.87. The van der Waals surface area contributed by atoms with Crippen LogP contribution in [0, 0.1) is 0 Å². The first-order chi connectivity index (χ1) is 11.2. The third-order valence-corrected chi connectivity index (χ3v) is 5.46. The number of phenols is 1. The van der Waals surface area contributed by atoms with Gasteiger partial charge in [-0.3, -0.25) is 0 Å². The van der Waals surface area contributed by atoms with E-state index in [1.807, 2.05) is 6.07 Å². The van der Waals surface area contributed by atoms with Crippen molar-refractivity contribution in [2.45, 2.75) is 51.5 Å². The molecule has 4 heteroatoms. The number of piperidine rings is 1. The lowest BCUT2D eigenvalue weighted by Gasteiger charge is -2.24. The molecule has 1 saturated heterocycles. The molecular formula is C19H24NO3+. The van der Waals surface area contributed by atoms with Crippen LogP contribution in [0.5, 0.6) is 5.75 Å². The average molecular weight is 314 g/mol. The molecule has 2 heterocycles. The number of benzene rings is 1. The lowest BCUT2D eigenvalue weighted by molar-refractivity contribution is -0.918. The SMILES string of the molecule is O=c1oc2c(C[NH+]3CCCCC3)c(O)ccc2c2c1CCCC2. The Bertz CT molecular complexity index is 787. The number of quaternary nitrogens is 1. The topological polar surface area (TPSA) is 54.9 Å². The number of likely N-dealkylation sites (tertiary alicyclic amines) is 1. The highest BCUT2D eigenvalue weighted by Gasteiger charge is 2.23. The lowest BCUT2D eigenvalue weighted by Crippen LogP contribution is -3.11. The highest BCUT2D eigenvalue weighted by molar-refractivity contribution is 5.86. The first-order valence-corrected chi connectivity index (χ1v) is 8.87. The van der Waals surface area contributed by atoms with E-state index in [0.717, 1.165) is 67.4 Å². The summed E-state index contributed by atoms with van der Waals surface area (Å²) in [5, 5.41) is 11.4. The molecule has 1 aromatic heterocycles. The Balaban J connectivity index is 1.84. The summed E-state index contributed by atoms with van der Waals surface area (Å²) in [6.45, 7) is 3.00. The van der Waals surface area contributed by atoms with Crippen molar-refractivity contribution in [3.63, 3.8) is 0 Å². The van der Waals surface area contributed by atoms with E-state index < -0.39 is 0 Å². The first kappa shape index (κ1) is 14.8. The van der Waals surface area contributed by atoms with Crippen LogP contribution in [0.2, 0.25) is 0 Å². The standard InChI is InChI=1S/C19H23NO3/c21-17-9-8-14-13-6-2-3-7-15(13)19(22)23-18(14)16(17)12-20-10-4-1-5-11-20/h8-9,21H,1-7,10-12H2/p+1. The van der Waals surface area contributed by atoms with E-state index >= 15 is 0 Å². The van der Waals surface area contributed by atoms with Crippen molar-refractivity contribution in [3.8, 4) is 5.75 Å². The van der Waals surface area contributed by atoms with Crippen LogP contribution in [-0.4, -0.2) is 18.2 Å². The van der Waals surface area contributed by atoms with E-state index in [4.69, 9.17) is 4.42 Å². The minimum absolute atomic E-state index is 0.201. The summed E-state index contributed by atoms with van der Waals surface area (Å²) in [4.78, 5) is 13.9. The van der Waals surface area contributed by atoms with Crippen molar-refractivity contribution in [2.75, 3.05) is 13.1 Å². The molecule has 122 valence electrons. The summed E-state index contributed by atoms with van der Waals surface area (Å²) in [6, 6.07) is 3.70. The molecule has 0 atom stereocenters. The Labute approximate surface area is 135 Å². The summed E-state index contributed by atoms with van der Waals surface area (Å²) < 4.78 is 5.68. The molecule has 0 saturated carbocycles. The van der Waals surface area contributed by atoms with Gasteiger partial charge < -0.3 is 14.4 Å². The number of hydrogen-bond acceptors (Lipinski definition) is 3. The fourth-order valence-corrected chi connectivity index (χ4v) is 4.20. The largest absolute Gasteiger partial charge is 0.507 e. The van der Waals surface area contributed by atoms with Crippen LogP contribution in [0.3, 0.4) is 0 Å². The van der Waals surface area contributed by atoms with E-state index in [1.165, 1.54) is 24.2 Å². The van der Waals surface area contributed by atoms with Crippen molar-refractivity contribution in [1.29, 1.82) is 0 Å². The van der Waals surface area contributed by atoms with Gasteiger partial charge in [0.25, 0.3) is 0 Å². The van der Waals surface area contributed by atoms with Crippen LogP contribution in [0.15, 0.2) is 21.3 Å². The van der Waals surface area contributed by atoms with E-state index in [-0.39, 0.29) is 11.4 Å².